The molecule has 0 N–H and O–H groups in total. The van der Waals surface area contributed by atoms with Gasteiger partial charge in [-0.05, 0) is 25.0 Å². The summed E-state index contributed by atoms with van der Waals surface area (Å²) in [6, 6.07) is 3.22. The molecule has 136 valence electrons. The van der Waals surface area contributed by atoms with Crippen molar-refractivity contribution < 1.29 is 14.4 Å². The van der Waals surface area contributed by atoms with Gasteiger partial charge < -0.3 is 9.47 Å². The predicted octanol–water partition coefficient (Wildman–Crippen LogP) is 5.20. The number of fused-ring (bicyclic) bond motifs is 1. The molecule has 1 heterocycles. The van der Waals surface area contributed by atoms with E-state index in [0.717, 1.165) is 18.4 Å². The molecule has 0 spiro atoms. The Labute approximate surface area is 148 Å². The van der Waals surface area contributed by atoms with Crippen LogP contribution in [-0.2, 0) is 0 Å². The highest BCUT2D eigenvalue weighted by Gasteiger charge is 2.23. The largest absolute Gasteiger partial charge is 0.493 e. The molecule has 0 atom stereocenters. The molecule has 0 aliphatic carbocycles. The quantitative estimate of drug-likeness (QED) is 0.336. The molecular formula is C19H26N2O4. The first-order valence-electron chi connectivity index (χ1n) is 8.83. The summed E-state index contributed by atoms with van der Waals surface area (Å²) in [6.45, 7) is 4.65. The molecule has 6 heteroatoms. The van der Waals surface area contributed by atoms with Crippen LogP contribution in [0.2, 0.25) is 0 Å². The van der Waals surface area contributed by atoms with Crippen LogP contribution in [0.3, 0.4) is 0 Å². The summed E-state index contributed by atoms with van der Waals surface area (Å²) in [5, 5.41) is 12.0. The van der Waals surface area contributed by atoms with Gasteiger partial charge >= 0.3 is 0 Å². The van der Waals surface area contributed by atoms with Gasteiger partial charge in [0.1, 0.15) is 0 Å². The second-order valence-corrected chi connectivity index (χ2v) is 6.15. The third-order valence-corrected chi connectivity index (χ3v) is 4.28. The Morgan fingerprint density at radius 3 is 2.60 bits per heavy atom. The lowest BCUT2D eigenvalue weighted by Gasteiger charge is -2.15. The van der Waals surface area contributed by atoms with E-state index in [1.807, 2.05) is 13.0 Å². The Kier molecular flexibility index (Phi) is 6.98. The smallest absolute Gasteiger partial charge is 0.299 e. The Hall–Kier alpha value is -2.37. The topological polar surface area (TPSA) is 74.5 Å². The predicted molar refractivity (Wildman–Crippen MR) is 98.6 cm³/mol. The number of nitro groups is 1. The Balaban J connectivity index is 2.23. The molecule has 2 aromatic rings. The van der Waals surface area contributed by atoms with Crippen LogP contribution in [0.1, 0.15) is 51.0 Å². The number of ether oxygens (including phenoxy) is 2. The molecule has 0 fully saturated rings. The lowest BCUT2D eigenvalue weighted by Crippen LogP contribution is -2.03. The Morgan fingerprint density at radius 2 is 1.92 bits per heavy atom. The van der Waals surface area contributed by atoms with Crippen molar-refractivity contribution in [1.82, 2.24) is 4.98 Å². The summed E-state index contributed by atoms with van der Waals surface area (Å²) in [7, 11) is 1.49. The maximum atomic E-state index is 11.4. The molecule has 0 aliphatic rings. The molecule has 1 aromatic heterocycles. The van der Waals surface area contributed by atoms with E-state index in [4.69, 9.17) is 9.47 Å². The fourth-order valence-electron chi connectivity index (χ4n) is 2.91. The molecular weight excluding hydrogens is 320 g/mol. The van der Waals surface area contributed by atoms with Crippen LogP contribution >= 0.6 is 0 Å². The van der Waals surface area contributed by atoms with Gasteiger partial charge in [-0.15, -0.1) is 0 Å². The third-order valence-electron chi connectivity index (χ3n) is 4.28. The van der Waals surface area contributed by atoms with E-state index in [1.54, 1.807) is 6.20 Å². The zero-order valence-electron chi connectivity index (χ0n) is 15.2. The number of unbranched alkanes of at least 4 members (excludes halogenated alkanes) is 5. The average molecular weight is 346 g/mol. The number of non-ortho nitro benzene ring substituents is 1. The zero-order chi connectivity index (χ0) is 18.2. The van der Waals surface area contributed by atoms with Crippen LogP contribution in [0.25, 0.3) is 10.9 Å². The van der Waals surface area contributed by atoms with E-state index in [0.29, 0.717) is 29.0 Å². The molecule has 1 aromatic carbocycles. The van der Waals surface area contributed by atoms with Crippen LogP contribution in [0, 0.1) is 17.0 Å². The molecule has 0 bridgehead atoms. The van der Waals surface area contributed by atoms with Crippen molar-refractivity contribution in [2.75, 3.05) is 13.7 Å². The van der Waals surface area contributed by atoms with E-state index < -0.39 is 4.92 Å². The van der Waals surface area contributed by atoms with Gasteiger partial charge in [0.15, 0.2) is 17.0 Å². The fraction of sp³-hybridized carbons (Fsp3) is 0.526. The molecule has 0 saturated heterocycles. The number of rotatable bonds is 10. The van der Waals surface area contributed by atoms with E-state index in [1.165, 1.54) is 38.9 Å². The van der Waals surface area contributed by atoms with Gasteiger partial charge in [-0.2, -0.15) is 0 Å². The number of nitrogens with zero attached hydrogens (tertiary/aromatic N) is 2. The van der Waals surface area contributed by atoms with Crippen molar-refractivity contribution in [3.63, 3.8) is 0 Å². The summed E-state index contributed by atoms with van der Waals surface area (Å²) >= 11 is 0. The van der Waals surface area contributed by atoms with Gasteiger partial charge in [0.25, 0.3) is 5.69 Å². The van der Waals surface area contributed by atoms with Crippen LogP contribution in [0.15, 0.2) is 18.3 Å². The molecule has 0 unspecified atom stereocenters. The van der Waals surface area contributed by atoms with Gasteiger partial charge in [-0.25, -0.2) is 4.98 Å². The van der Waals surface area contributed by atoms with E-state index in [9.17, 15) is 10.1 Å². The third kappa shape index (κ3) is 4.59. The van der Waals surface area contributed by atoms with Crippen molar-refractivity contribution in [1.29, 1.82) is 0 Å². The van der Waals surface area contributed by atoms with Crippen LogP contribution < -0.4 is 9.47 Å². The number of pyridine rings is 1. The summed E-state index contributed by atoms with van der Waals surface area (Å²) in [5.74, 6) is 0.920. The minimum absolute atomic E-state index is 0.0672. The normalized spacial score (nSPS) is 10.8. The average Bonchev–Trinajstić information content (AvgIpc) is 2.60. The molecule has 6 nitrogen and oxygen atoms in total. The van der Waals surface area contributed by atoms with Gasteiger partial charge in [-0.1, -0.05) is 39.0 Å². The minimum Gasteiger partial charge on any atom is -0.493 e. The van der Waals surface area contributed by atoms with E-state index in [2.05, 4.69) is 11.9 Å². The monoisotopic (exact) mass is 346 g/mol. The minimum atomic E-state index is -0.436. The van der Waals surface area contributed by atoms with Crippen LogP contribution in [-0.4, -0.2) is 23.6 Å². The summed E-state index contributed by atoms with van der Waals surface area (Å²) in [4.78, 5) is 15.1. The summed E-state index contributed by atoms with van der Waals surface area (Å²) in [6.07, 6.45) is 8.60. The van der Waals surface area contributed by atoms with Gasteiger partial charge in [0.2, 0.25) is 0 Å². The molecule has 0 radical (unpaired) electrons. The Morgan fingerprint density at radius 1 is 1.20 bits per heavy atom. The number of methoxy groups -OCH3 is 1. The van der Waals surface area contributed by atoms with Crippen LogP contribution in [0.4, 0.5) is 5.69 Å². The first-order chi connectivity index (χ1) is 12.1. The van der Waals surface area contributed by atoms with Crippen molar-refractivity contribution >= 4 is 16.6 Å². The van der Waals surface area contributed by atoms with Crippen molar-refractivity contribution in [3.8, 4) is 11.5 Å². The molecule has 0 amide bonds. The van der Waals surface area contributed by atoms with Gasteiger partial charge in [-0.3, -0.25) is 10.1 Å². The fourth-order valence-corrected chi connectivity index (χ4v) is 2.91. The molecule has 0 aliphatic heterocycles. The highest BCUT2D eigenvalue weighted by atomic mass is 16.6. The maximum absolute atomic E-state index is 11.4. The standard InChI is InChI=1S/C19H26N2O4/c1-4-5-6-7-8-9-12-25-19-16(24-3)13-15(21(22)23)18-17(19)14(2)10-11-20-18/h10-11,13H,4-9,12H2,1-3H3. The zero-order valence-corrected chi connectivity index (χ0v) is 15.2. The number of aromatic nitrogens is 1. The van der Waals surface area contributed by atoms with Crippen molar-refractivity contribution in [2.45, 2.75) is 52.4 Å². The second kappa shape index (κ2) is 9.20. The van der Waals surface area contributed by atoms with Gasteiger partial charge in [0.05, 0.1) is 30.1 Å². The molecule has 25 heavy (non-hydrogen) atoms. The van der Waals surface area contributed by atoms with E-state index >= 15 is 0 Å². The SMILES string of the molecule is CCCCCCCCOc1c(OC)cc([N+](=O)[O-])c2nccc(C)c12. The maximum Gasteiger partial charge on any atom is 0.299 e. The molecule has 2 rings (SSSR count). The van der Waals surface area contributed by atoms with Crippen molar-refractivity contribution in [3.05, 3.63) is 34.0 Å². The number of hydrogen-bond acceptors (Lipinski definition) is 5. The van der Waals surface area contributed by atoms with Crippen LogP contribution in [0.5, 0.6) is 11.5 Å². The lowest BCUT2D eigenvalue weighted by atomic mass is 10.1. The first-order valence-corrected chi connectivity index (χ1v) is 8.83. The number of hydrogen-bond donors (Lipinski definition) is 0. The highest BCUT2D eigenvalue weighted by Crippen LogP contribution is 2.41. The van der Waals surface area contributed by atoms with Gasteiger partial charge in [0, 0.05) is 6.20 Å². The lowest BCUT2D eigenvalue weighted by molar-refractivity contribution is -0.383. The summed E-state index contributed by atoms with van der Waals surface area (Å²) in [5.41, 5.74) is 1.15. The number of nitro benzene ring substituents is 1. The summed E-state index contributed by atoms with van der Waals surface area (Å²) < 4.78 is 11.3. The number of benzene rings is 1. The molecule has 0 saturated carbocycles. The van der Waals surface area contributed by atoms with E-state index in [-0.39, 0.29) is 5.69 Å². The van der Waals surface area contributed by atoms with Crippen molar-refractivity contribution in [2.24, 2.45) is 0 Å². The highest BCUT2D eigenvalue weighted by molar-refractivity contribution is 5.96. The second-order valence-electron chi connectivity index (χ2n) is 6.15. The Bertz CT molecular complexity index is 731. The first kappa shape index (κ1) is 19.0. The number of aryl methyl sites for hydroxylation is 1.